The molecule has 278 valence electrons. The summed E-state index contributed by atoms with van der Waals surface area (Å²) in [5, 5.41) is 10.6. The van der Waals surface area contributed by atoms with Crippen LogP contribution in [0, 0.1) is 0 Å². The van der Waals surface area contributed by atoms with E-state index in [0.29, 0.717) is 0 Å². The molecule has 1 unspecified atom stereocenters. The molecule has 0 amide bonds. The van der Waals surface area contributed by atoms with Crippen molar-refractivity contribution >= 4 is 67.8 Å². The summed E-state index contributed by atoms with van der Waals surface area (Å²) < 4.78 is 0. The van der Waals surface area contributed by atoms with Gasteiger partial charge in [-0.1, -0.05) is 201 Å². The molecule has 1 atom stereocenters. The molecule has 1 spiro atoms. The summed E-state index contributed by atoms with van der Waals surface area (Å²) in [5.41, 5.74) is 13.7. The number of fused-ring (bicyclic) bond motifs is 10. The molecule has 1 heterocycles. The van der Waals surface area contributed by atoms with Crippen LogP contribution in [0.5, 0.6) is 0 Å². The van der Waals surface area contributed by atoms with Crippen molar-refractivity contribution in [1.29, 1.82) is 0 Å². The fraction of sp³-hybridized carbons (Fsp3) is 0.0526. The van der Waals surface area contributed by atoms with E-state index in [1.165, 1.54) is 104 Å². The minimum atomic E-state index is -2.30. The van der Waals surface area contributed by atoms with E-state index in [1.54, 1.807) is 0 Å². The largest absolute Gasteiger partial charge is 0.309 e. The Morgan fingerprint density at radius 2 is 0.932 bits per heavy atom. The van der Waals surface area contributed by atoms with Gasteiger partial charge in [0.05, 0.1) is 16.8 Å². The number of rotatable bonds is 4. The second kappa shape index (κ2) is 12.7. The van der Waals surface area contributed by atoms with Gasteiger partial charge in [-0.25, -0.2) is 0 Å². The van der Waals surface area contributed by atoms with Crippen LogP contribution in [-0.4, -0.2) is 8.07 Å². The topological polar surface area (TPSA) is 3.24 Å². The zero-order valence-electron chi connectivity index (χ0n) is 33.2. The lowest BCUT2D eigenvalue weighted by molar-refractivity contribution is 0.754. The third-order valence-corrected chi connectivity index (χ3v) is 17.0. The second-order valence-electron chi connectivity index (χ2n) is 16.8. The standard InChI is InChI=1S/C57H41NSi/c1-59(2)54-34-11-10-30-49(54)57(48-29-9-8-24-45(48)47-28-12-21-40-22-13-31-51(57)56(40)47)50-36-35-41(37-55(50)59)58(52-32-14-20-39-19-6-7-23-43(39)52)53-33-16-26-44-42(25-15-27-46(44)53)38-17-4-3-5-18-38/h3-37H,1-2H3. The lowest BCUT2D eigenvalue weighted by Crippen LogP contribution is -2.63. The highest BCUT2D eigenvalue weighted by Crippen LogP contribution is 2.56. The molecule has 0 N–H and O–H groups in total. The van der Waals surface area contributed by atoms with Crippen LogP contribution in [-0.2, 0) is 5.41 Å². The van der Waals surface area contributed by atoms with Crippen LogP contribution in [0.4, 0.5) is 17.1 Å². The van der Waals surface area contributed by atoms with Crippen LogP contribution in [0.1, 0.15) is 22.3 Å². The maximum atomic E-state index is 2.59. The second-order valence-corrected chi connectivity index (χ2v) is 21.1. The molecule has 2 aliphatic rings. The quantitative estimate of drug-likeness (QED) is 0.161. The Morgan fingerprint density at radius 3 is 1.81 bits per heavy atom. The fourth-order valence-corrected chi connectivity index (χ4v) is 14.2. The van der Waals surface area contributed by atoms with Gasteiger partial charge in [0.1, 0.15) is 8.07 Å². The third-order valence-electron chi connectivity index (χ3n) is 13.5. The average molecular weight is 768 g/mol. The zero-order chi connectivity index (χ0) is 39.3. The molecular formula is C57H41NSi. The number of anilines is 3. The van der Waals surface area contributed by atoms with E-state index >= 15 is 0 Å². The van der Waals surface area contributed by atoms with Gasteiger partial charge in [0.2, 0.25) is 0 Å². The Hall–Kier alpha value is -7.00. The summed E-state index contributed by atoms with van der Waals surface area (Å²) >= 11 is 0. The Balaban J connectivity index is 1.18. The molecule has 1 aliphatic heterocycles. The molecule has 0 saturated heterocycles. The van der Waals surface area contributed by atoms with Gasteiger partial charge in [0.15, 0.2) is 0 Å². The molecule has 1 aliphatic carbocycles. The zero-order valence-corrected chi connectivity index (χ0v) is 34.2. The Bertz CT molecular complexity index is 3310. The predicted octanol–water partition coefficient (Wildman–Crippen LogP) is 13.8. The summed E-state index contributed by atoms with van der Waals surface area (Å²) in [4.78, 5) is 2.54. The van der Waals surface area contributed by atoms with Crippen LogP contribution in [0.15, 0.2) is 212 Å². The van der Waals surface area contributed by atoms with Gasteiger partial charge in [0, 0.05) is 16.5 Å². The highest BCUT2D eigenvalue weighted by Gasteiger charge is 2.52. The van der Waals surface area contributed by atoms with Crippen molar-refractivity contribution in [3.05, 3.63) is 235 Å². The van der Waals surface area contributed by atoms with Crippen molar-refractivity contribution in [2.75, 3.05) is 4.90 Å². The summed E-state index contributed by atoms with van der Waals surface area (Å²) in [6.45, 7) is 5.13. The van der Waals surface area contributed by atoms with Crippen LogP contribution >= 0.6 is 0 Å². The first-order chi connectivity index (χ1) is 29.0. The Morgan fingerprint density at radius 1 is 0.373 bits per heavy atom. The minimum absolute atomic E-state index is 0.480. The van der Waals surface area contributed by atoms with E-state index in [1.807, 2.05) is 0 Å². The molecule has 10 aromatic rings. The summed E-state index contributed by atoms with van der Waals surface area (Å²) in [5.74, 6) is 0. The van der Waals surface area contributed by atoms with Crippen molar-refractivity contribution < 1.29 is 0 Å². The molecule has 0 aromatic heterocycles. The summed E-state index contributed by atoms with van der Waals surface area (Å²) in [6, 6.07) is 79.9. The van der Waals surface area contributed by atoms with Crippen LogP contribution in [0.25, 0.3) is 54.6 Å². The first kappa shape index (κ1) is 34.1. The molecule has 0 saturated carbocycles. The van der Waals surface area contributed by atoms with Gasteiger partial charge in [0.25, 0.3) is 0 Å². The van der Waals surface area contributed by atoms with Crippen LogP contribution in [0.2, 0.25) is 13.1 Å². The smallest absolute Gasteiger partial charge is 0.113 e. The molecule has 0 fully saturated rings. The van der Waals surface area contributed by atoms with Gasteiger partial charge >= 0.3 is 0 Å². The van der Waals surface area contributed by atoms with Crippen LogP contribution < -0.4 is 15.3 Å². The van der Waals surface area contributed by atoms with Crippen molar-refractivity contribution in [1.82, 2.24) is 0 Å². The van der Waals surface area contributed by atoms with Crippen molar-refractivity contribution in [2.24, 2.45) is 0 Å². The lowest BCUT2D eigenvalue weighted by Gasteiger charge is -2.50. The summed E-state index contributed by atoms with van der Waals surface area (Å²) in [7, 11) is -2.30. The molecule has 1 nitrogen and oxygen atoms in total. The van der Waals surface area contributed by atoms with Gasteiger partial charge in [-0.15, -0.1) is 0 Å². The van der Waals surface area contributed by atoms with Gasteiger partial charge in [-0.3, -0.25) is 0 Å². The fourth-order valence-electron chi connectivity index (χ4n) is 11.0. The monoisotopic (exact) mass is 767 g/mol. The molecule has 0 radical (unpaired) electrons. The Labute approximate surface area is 346 Å². The normalized spacial score (nSPS) is 15.8. The van der Waals surface area contributed by atoms with E-state index in [4.69, 9.17) is 0 Å². The minimum Gasteiger partial charge on any atom is -0.309 e. The first-order valence-corrected chi connectivity index (χ1v) is 23.8. The SMILES string of the molecule is C[Si]1(C)c2ccccc2C2(c3ccccc3-c3cccc4cccc2c34)c2ccc(N(c3cccc4ccccc34)c3cccc4c(-c5ccccc5)cccc34)cc21. The summed E-state index contributed by atoms with van der Waals surface area (Å²) in [6.07, 6.45) is 0. The highest BCUT2D eigenvalue weighted by atomic mass is 28.3. The number of nitrogens with zero attached hydrogens (tertiary/aromatic N) is 1. The van der Waals surface area contributed by atoms with Gasteiger partial charge < -0.3 is 4.90 Å². The van der Waals surface area contributed by atoms with E-state index in [0.717, 1.165) is 0 Å². The molecule has 0 bridgehead atoms. The number of hydrogen-bond acceptors (Lipinski definition) is 1. The van der Waals surface area contributed by atoms with Crippen molar-refractivity contribution in [3.63, 3.8) is 0 Å². The maximum absolute atomic E-state index is 2.59. The van der Waals surface area contributed by atoms with Crippen LogP contribution in [0.3, 0.4) is 0 Å². The van der Waals surface area contributed by atoms with Crippen molar-refractivity contribution in [2.45, 2.75) is 18.5 Å². The first-order valence-electron chi connectivity index (χ1n) is 20.8. The molecular weight excluding hydrogens is 727 g/mol. The van der Waals surface area contributed by atoms with E-state index in [2.05, 4.69) is 230 Å². The number of hydrogen-bond donors (Lipinski definition) is 0. The highest BCUT2D eigenvalue weighted by molar-refractivity contribution is 7.01. The molecule has 10 aromatic carbocycles. The van der Waals surface area contributed by atoms with E-state index < -0.39 is 13.5 Å². The van der Waals surface area contributed by atoms with E-state index in [-0.39, 0.29) is 0 Å². The lowest BCUT2D eigenvalue weighted by atomic mass is 9.59. The molecule has 12 rings (SSSR count). The molecule has 59 heavy (non-hydrogen) atoms. The molecule has 2 heteroatoms. The van der Waals surface area contributed by atoms with Crippen molar-refractivity contribution in [3.8, 4) is 22.3 Å². The van der Waals surface area contributed by atoms with Gasteiger partial charge in [-0.2, -0.15) is 0 Å². The number of benzene rings is 10. The Kier molecular flexibility index (Phi) is 7.36. The van der Waals surface area contributed by atoms with Gasteiger partial charge in [-0.05, 0) is 101 Å². The predicted molar refractivity (Wildman–Crippen MR) is 253 cm³/mol. The van der Waals surface area contributed by atoms with E-state index in [9.17, 15) is 0 Å². The average Bonchev–Trinajstić information content (AvgIpc) is 3.29. The maximum Gasteiger partial charge on any atom is 0.113 e. The third kappa shape index (κ3) is 4.72.